The van der Waals surface area contributed by atoms with Gasteiger partial charge in [0.15, 0.2) is 5.75 Å². The molecule has 0 aliphatic carbocycles. The van der Waals surface area contributed by atoms with E-state index >= 15 is 0 Å². The molecule has 0 aromatic heterocycles. The number of hydrogen-bond donors (Lipinski definition) is 0. The summed E-state index contributed by atoms with van der Waals surface area (Å²) in [6.45, 7) is 3.61. The molecule has 0 unspecified atom stereocenters. The molecule has 3 aliphatic heterocycles. The number of nitro benzene ring substituents is 1. The summed E-state index contributed by atoms with van der Waals surface area (Å²) in [6, 6.07) is 6.16. The van der Waals surface area contributed by atoms with Crippen molar-refractivity contribution in [3.63, 3.8) is 0 Å². The first-order valence-corrected chi connectivity index (χ1v) is 8.38. The topological polar surface area (TPSA) is 83.3 Å². The Hall–Kier alpha value is -1.52. The van der Waals surface area contributed by atoms with Crippen LogP contribution in [0.1, 0.15) is 0 Å². The monoisotopic (exact) mass is 312 g/mol. The van der Waals surface area contributed by atoms with E-state index in [0.29, 0.717) is 19.8 Å². The van der Waals surface area contributed by atoms with Gasteiger partial charge in [-0.05, 0) is 6.07 Å². The summed E-state index contributed by atoms with van der Waals surface area (Å²) in [6.07, 6.45) is 0. The zero-order valence-electron chi connectivity index (χ0n) is 11.4. The molecule has 0 atom stereocenters. The van der Waals surface area contributed by atoms with E-state index in [9.17, 15) is 10.1 Å². The van der Waals surface area contributed by atoms with Crippen molar-refractivity contribution in [3.8, 4) is 5.75 Å². The van der Waals surface area contributed by atoms with Crippen molar-refractivity contribution in [1.29, 1.82) is 0 Å². The molecule has 1 aromatic carbocycles. The number of nitrogens with zero attached hydrogens (tertiary/aromatic N) is 2. The zero-order chi connectivity index (χ0) is 14.7. The van der Waals surface area contributed by atoms with Crippen molar-refractivity contribution < 1.29 is 22.6 Å². The van der Waals surface area contributed by atoms with Gasteiger partial charge in [-0.3, -0.25) is 15.0 Å². The van der Waals surface area contributed by atoms with E-state index in [1.807, 2.05) is 0 Å². The second-order valence-electron chi connectivity index (χ2n) is 4.71. The number of rotatable bonds is 3. The summed E-state index contributed by atoms with van der Waals surface area (Å²) in [5.41, 5.74) is -0.124. The molecule has 1 aromatic rings. The van der Waals surface area contributed by atoms with Gasteiger partial charge in [0.25, 0.3) is 0 Å². The van der Waals surface area contributed by atoms with Gasteiger partial charge in [-0.1, -0.05) is 12.1 Å². The Labute approximate surface area is 122 Å². The lowest BCUT2D eigenvalue weighted by Crippen LogP contribution is -2.59. The van der Waals surface area contributed by atoms with E-state index in [4.69, 9.17) is 17.7 Å². The highest BCUT2D eigenvalue weighted by Crippen LogP contribution is 2.30. The normalized spacial score (nSPS) is 29.2. The highest BCUT2D eigenvalue weighted by Gasteiger charge is 2.51. The summed E-state index contributed by atoms with van der Waals surface area (Å²) < 4.78 is 22.8. The molecule has 3 aliphatic rings. The van der Waals surface area contributed by atoms with Crippen LogP contribution in [0.2, 0.25) is 0 Å². The van der Waals surface area contributed by atoms with E-state index in [1.165, 1.54) is 12.1 Å². The van der Waals surface area contributed by atoms with Crippen LogP contribution in [-0.4, -0.2) is 58.3 Å². The van der Waals surface area contributed by atoms with Gasteiger partial charge in [0.2, 0.25) is 0 Å². The molecule has 2 bridgehead atoms. The molecule has 3 fully saturated rings. The predicted molar refractivity (Wildman–Crippen MR) is 73.8 cm³/mol. The highest BCUT2D eigenvalue weighted by molar-refractivity contribution is 6.54. The Morgan fingerprint density at radius 2 is 1.67 bits per heavy atom. The molecule has 21 heavy (non-hydrogen) atoms. The Morgan fingerprint density at radius 1 is 1.10 bits per heavy atom. The van der Waals surface area contributed by atoms with Crippen molar-refractivity contribution in [1.82, 2.24) is 4.90 Å². The third-order valence-electron chi connectivity index (χ3n) is 3.36. The first kappa shape index (κ1) is 14.4. The molecule has 0 saturated carbocycles. The number of hydrogen-bond acceptors (Lipinski definition) is 7. The fourth-order valence-electron chi connectivity index (χ4n) is 2.28. The van der Waals surface area contributed by atoms with Crippen LogP contribution < -0.4 is 4.43 Å². The average Bonchev–Trinajstić information content (AvgIpc) is 2.40. The molecule has 0 amide bonds. The van der Waals surface area contributed by atoms with Gasteiger partial charge in [-0.25, -0.2) is 0 Å². The molecule has 0 radical (unpaired) electrons. The third kappa shape index (κ3) is 3.22. The van der Waals surface area contributed by atoms with E-state index in [-0.39, 0.29) is 11.4 Å². The van der Waals surface area contributed by atoms with Gasteiger partial charge in [0, 0.05) is 25.7 Å². The quantitative estimate of drug-likeness (QED) is 0.463. The number of nitro groups is 1. The Balaban J connectivity index is 1.85. The zero-order valence-corrected chi connectivity index (χ0v) is 12.4. The summed E-state index contributed by atoms with van der Waals surface area (Å²) >= 11 is 0. The number of para-hydroxylation sites is 2. The van der Waals surface area contributed by atoms with E-state index in [2.05, 4.69) is 4.90 Å². The fourth-order valence-corrected chi connectivity index (χ4v) is 4.17. The highest BCUT2D eigenvalue weighted by atomic mass is 28.4. The van der Waals surface area contributed by atoms with Gasteiger partial charge >= 0.3 is 14.7 Å². The summed E-state index contributed by atoms with van der Waals surface area (Å²) in [5, 5.41) is 11.1. The van der Waals surface area contributed by atoms with Crippen LogP contribution in [0.5, 0.6) is 5.75 Å². The lowest BCUT2D eigenvalue weighted by Gasteiger charge is -2.36. The van der Waals surface area contributed by atoms with Crippen molar-refractivity contribution in [2.45, 2.75) is 0 Å². The molecule has 3 heterocycles. The van der Waals surface area contributed by atoms with E-state index < -0.39 is 14.0 Å². The maximum absolute atomic E-state index is 11.1. The number of fused-ring (bicyclic) bond motifs is 6. The van der Waals surface area contributed by atoms with E-state index in [1.54, 1.807) is 12.1 Å². The van der Waals surface area contributed by atoms with E-state index in [0.717, 1.165) is 19.6 Å². The van der Waals surface area contributed by atoms with Crippen LogP contribution >= 0.6 is 0 Å². The second kappa shape index (κ2) is 6.08. The lowest BCUT2D eigenvalue weighted by molar-refractivity contribution is -0.385. The predicted octanol–water partition coefficient (Wildman–Crippen LogP) is 0.788. The SMILES string of the molecule is O=[N+]([O-])c1ccccc1O[Si]12OCCN(CCO1)CCO2. The molecule has 0 N–H and O–H groups in total. The van der Waals surface area contributed by atoms with Crippen LogP contribution in [0.3, 0.4) is 0 Å². The minimum absolute atomic E-state index is 0.118. The van der Waals surface area contributed by atoms with Crippen LogP contribution in [0.15, 0.2) is 24.3 Å². The molecule has 0 spiro atoms. The summed E-state index contributed by atoms with van der Waals surface area (Å²) in [4.78, 5) is 12.8. The first-order valence-electron chi connectivity index (χ1n) is 6.75. The van der Waals surface area contributed by atoms with Crippen molar-refractivity contribution >= 4 is 14.7 Å². The second-order valence-corrected chi connectivity index (χ2v) is 6.78. The summed E-state index contributed by atoms with van der Waals surface area (Å²) in [5.74, 6) is 0.118. The molecule has 114 valence electrons. The Morgan fingerprint density at radius 3 is 2.24 bits per heavy atom. The van der Waals surface area contributed by atoms with Crippen LogP contribution in [-0.2, 0) is 13.3 Å². The molecular weight excluding hydrogens is 296 g/mol. The number of benzene rings is 1. The molecular formula is C12H16N2O6Si. The molecule has 9 heteroatoms. The lowest BCUT2D eigenvalue weighted by atomic mass is 10.3. The minimum Gasteiger partial charge on any atom is -0.474 e. The summed E-state index contributed by atoms with van der Waals surface area (Å²) in [7, 11) is -3.38. The largest absolute Gasteiger partial charge is 0.750 e. The maximum Gasteiger partial charge on any atom is 0.750 e. The van der Waals surface area contributed by atoms with Crippen LogP contribution in [0.25, 0.3) is 0 Å². The maximum atomic E-state index is 11.1. The molecule has 3 saturated heterocycles. The molecule has 4 rings (SSSR count). The Bertz CT molecular complexity index is 502. The fraction of sp³-hybridized carbons (Fsp3) is 0.500. The van der Waals surface area contributed by atoms with Crippen molar-refractivity contribution in [3.05, 3.63) is 34.4 Å². The van der Waals surface area contributed by atoms with Crippen LogP contribution in [0.4, 0.5) is 5.69 Å². The first-order chi connectivity index (χ1) is 10.2. The van der Waals surface area contributed by atoms with Crippen molar-refractivity contribution in [2.75, 3.05) is 39.5 Å². The van der Waals surface area contributed by atoms with Gasteiger partial charge in [0.1, 0.15) is 0 Å². The van der Waals surface area contributed by atoms with Gasteiger partial charge in [-0.15, -0.1) is 0 Å². The minimum atomic E-state index is -3.38. The Kier molecular flexibility index (Phi) is 4.17. The van der Waals surface area contributed by atoms with Crippen molar-refractivity contribution in [2.24, 2.45) is 0 Å². The van der Waals surface area contributed by atoms with Crippen LogP contribution in [0, 0.1) is 10.1 Å². The van der Waals surface area contributed by atoms with Gasteiger partial charge in [-0.2, -0.15) is 0 Å². The molecule has 8 nitrogen and oxygen atoms in total. The average molecular weight is 312 g/mol. The third-order valence-corrected chi connectivity index (χ3v) is 5.50. The standard InChI is InChI=1S/C12H16N2O6Si/c15-14(16)11-3-1-2-4-12(11)20-21-17-8-5-13(6-9-18-21)7-10-19-21/h1-4H,5-10H2. The van der Waals surface area contributed by atoms with Gasteiger partial charge in [0.05, 0.1) is 24.7 Å². The smallest absolute Gasteiger partial charge is 0.474 e. The van der Waals surface area contributed by atoms with Gasteiger partial charge < -0.3 is 17.7 Å².